The fourth-order valence-electron chi connectivity index (χ4n) is 1.40. The van der Waals surface area contributed by atoms with Crippen LogP contribution in [0.2, 0.25) is 0 Å². The summed E-state index contributed by atoms with van der Waals surface area (Å²) in [6.45, 7) is 1.96. The van der Waals surface area contributed by atoms with Gasteiger partial charge in [0.25, 0.3) is 0 Å². The minimum Gasteiger partial charge on any atom is -0.384 e. The lowest BCUT2D eigenvalue weighted by Crippen LogP contribution is -2.10. The Morgan fingerprint density at radius 2 is 2.07 bits per heavy atom. The molecule has 2 rings (SSSR count). The van der Waals surface area contributed by atoms with Crippen LogP contribution >= 0.6 is 0 Å². The second-order valence-electron chi connectivity index (χ2n) is 3.27. The van der Waals surface area contributed by atoms with E-state index in [4.69, 9.17) is 11.1 Å². The van der Waals surface area contributed by atoms with Crippen molar-refractivity contribution in [1.82, 2.24) is 4.98 Å². The molecule has 0 aliphatic heterocycles. The number of hydrogen-bond acceptors (Lipinski definition) is 2. The maximum absolute atomic E-state index is 7.31. The van der Waals surface area contributed by atoms with Crippen molar-refractivity contribution in [3.8, 4) is 0 Å². The highest BCUT2D eigenvalue weighted by Crippen LogP contribution is 2.14. The van der Waals surface area contributed by atoms with Gasteiger partial charge < -0.3 is 5.73 Å². The number of fused-ring (bicyclic) bond motifs is 1. The van der Waals surface area contributed by atoms with Crippen molar-refractivity contribution >= 4 is 16.7 Å². The summed E-state index contributed by atoms with van der Waals surface area (Å²) >= 11 is 0. The van der Waals surface area contributed by atoms with Crippen LogP contribution in [0.4, 0.5) is 0 Å². The maximum Gasteiger partial charge on any atom is 0.122 e. The second kappa shape index (κ2) is 3.10. The fourth-order valence-corrected chi connectivity index (χ4v) is 1.40. The molecule has 0 fully saturated rings. The van der Waals surface area contributed by atoms with E-state index in [1.54, 1.807) is 0 Å². The molecule has 3 N–H and O–H groups in total. The normalized spacial score (nSPS) is 10.4. The van der Waals surface area contributed by atoms with Gasteiger partial charge in [0.15, 0.2) is 0 Å². The van der Waals surface area contributed by atoms with Crippen molar-refractivity contribution in [3.63, 3.8) is 0 Å². The van der Waals surface area contributed by atoms with Crippen molar-refractivity contribution < 1.29 is 0 Å². The molecule has 1 aromatic heterocycles. The minimum absolute atomic E-state index is 0.0903. The summed E-state index contributed by atoms with van der Waals surface area (Å²) in [7, 11) is 0. The van der Waals surface area contributed by atoms with Gasteiger partial charge in [0.2, 0.25) is 0 Å². The Balaban J connectivity index is 2.67. The van der Waals surface area contributed by atoms with Crippen LogP contribution in [-0.2, 0) is 0 Å². The van der Waals surface area contributed by atoms with E-state index < -0.39 is 0 Å². The fraction of sp³-hybridized carbons (Fsp3) is 0.0909. The zero-order valence-corrected chi connectivity index (χ0v) is 7.91. The minimum atomic E-state index is 0.0903. The molecule has 3 heteroatoms. The monoisotopic (exact) mass is 185 g/mol. The largest absolute Gasteiger partial charge is 0.384 e. The van der Waals surface area contributed by atoms with E-state index in [0.29, 0.717) is 0 Å². The first kappa shape index (κ1) is 8.69. The Kier molecular flexibility index (Phi) is 1.93. The van der Waals surface area contributed by atoms with E-state index in [0.717, 1.165) is 22.2 Å². The smallest absolute Gasteiger partial charge is 0.122 e. The molecule has 0 saturated carbocycles. The highest BCUT2D eigenvalue weighted by molar-refractivity contribution is 5.98. The van der Waals surface area contributed by atoms with Crippen LogP contribution in [0.15, 0.2) is 30.3 Å². The average Bonchev–Trinajstić information content (AvgIpc) is 2.16. The molecule has 0 aliphatic rings. The van der Waals surface area contributed by atoms with Crippen molar-refractivity contribution in [3.05, 3.63) is 41.6 Å². The lowest BCUT2D eigenvalue weighted by Gasteiger charge is -2.01. The van der Waals surface area contributed by atoms with Gasteiger partial charge in [0.05, 0.1) is 5.52 Å². The summed E-state index contributed by atoms with van der Waals surface area (Å²) in [5.41, 5.74) is 8.07. The zero-order chi connectivity index (χ0) is 10.1. The number of benzene rings is 1. The number of nitrogens with zero attached hydrogens (tertiary/aromatic N) is 1. The molecule has 1 heterocycles. The lowest BCUT2D eigenvalue weighted by molar-refractivity contribution is 1.25. The molecule has 70 valence electrons. The van der Waals surface area contributed by atoms with Crippen LogP contribution < -0.4 is 5.73 Å². The van der Waals surface area contributed by atoms with Crippen LogP contribution in [-0.4, -0.2) is 10.8 Å². The Labute approximate surface area is 82.1 Å². The Bertz CT molecular complexity index is 503. The molecule has 0 spiro atoms. The number of aryl methyl sites for hydroxylation is 1. The van der Waals surface area contributed by atoms with Gasteiger partial charge >= 0.3 is 0 Å². The van der Waals surface area contributed by atoms with Gasteiger partial charge in [-0.3, -0.25) is 10.4 Å². The highest BCUT2D eigenvalue weighted by atomic mass is 14.7. The quantitative estimate of drug-likeness (QED) is 0.526. The molecule has 0 bridgehead atoms. The van der Waals surface area contributed by atoms with Crippen molar-refractivity contribution in [1.29, 1.82) is 5.41 Å². The summed E-state index contributed by atoms with van der Waals surface area (Å²) < 4.78 is 0. The van der Waals surface area contributed by atoms with Crippen molar-refractivity contribution in [2.75, 3.05) is 0 Å². The van der Waals surface area contributed by atoms with Crippen LogP contribution in [0, 0.1) is 12.3 Å². The number of hydrogen-bond donors (Lipinski definition) is 2. The lowest BCUT2D eigenvalue weighted by atomic mass is 10.1. The summed E-state index contributed by atoms with van der Waals surface area (Å²) in [4.78, 5) is 4.36. The second-order valence-corrected chi connectivity index (χ2v) is 3.27. The molecule has 1 aromatic carbocycles. The van der Waals surface area contributed by atoms with Gasteiger partial charge in [-0.2, -0.15) is 0 Å². The van der Waals surface area contributed by atoms with Crippen LogP contribution in [0.5, 0.6) is 0 Å². The van der Waals surface area contributed by atoms with Crippen molar-refractivity contribution in [2.45, 2.75) is 6.92 Å². The molecule has 2 aromatic rings. The number of rotatable bonds is 1. The molecule has 0 saturated heterocycles. The zero-order valence-electron chi connectivity index (χ0n) is 7.91. The van der Waals surface area contributed by atoms with E-state index in [2.05, 4.69) is 4.98 Å². The van der Waals surface area contributed by atoms with Gasteiger partial charge in [-0.1, -0.05) is 6.07 Å². The molecule has 0 aliphatic carbocycles. The van der Waals surface area contributed by atoms with E-state index in [1.165, 1.54) is 0 Å². The molecule has 0 atom stereocenters. The highest BCUT2D eigenvalue weighted by Gasteiger charge is 1.99. The average molecular weight is 185 g/mol. The maximum atomic E-state index is 7.31. The molecular weight excluding hydrogens is 174 g/mol. The summed E-state index contributed by atoms with van der Waals surface area (Å²) in [5.74, 6) is 0.0903. The molecular formula is C11H11N3. The summed E-state index contributed by atoms with van der Waals surface area (Å²) in [6, 6.07) is 9.52. The number of amidine groups is 1. The first-order valence-electron chi connectivity index (χ1n) is 4.38. The molecule has 0 radical (unpaired) electrons. The number of nitrogens with one attached hydrogen (secondary N) is 1. The van der Waals surface area contributed by atoms with E-state index in [9.17, 15) is 0 Å². The van der Waals surface area contributed by atoms with E-state index in [-0.39, 0.29) is 5.84 Å². The SMILES string of the molecule is Cc1ccc2cc(C(=N)N)ccc2n1. The molecule has 14 heavy (non-hydrogen) atoms. The van der Waals surface area contributed by atoms with Crippen molar-refractivity contribution in [2.24, 2.45) is 5.73 Å². The van der Waals surface area contributed by atoms with E-state index >= 15 is 0 Å². The third-order valence-electron chi connectivity index (χ3n) is 2.14. The number of pyridine rings is 1. The van der Waals surface area contributed by atoms with Gasteiger partial charge in [0, 0.05) is 16.6 Å². The van der Waals surface area contributed by atoms with Crippen LogP contribution in [0.3, 0.4) is 0 Å². The van der Waals surface area contributed by atoms with Gasteiger partial charge in [-0.25, -0.2) is 0 Å². The predicted octanol–water partition coefficient (Wildman–Crippen LogP) is 1.83. The predicted molar refractivity (Wildman–Crippen MR) is 57.5 cm³/mol. The van der Waals surface area contributed by atoms with Gasteiger partial charge in [-0.15, -0.1) is 0 Å². The Hall–Kier alpha value is -1.90. The first-order valence-corrected chi connectivity index (χ1v) is 4.38. The van der Waals surface area contributed by atoms with Crippen LogP contribution in [0.25, 0.3) is 10.9 Å². The Morgan fingerprint density at radius 1 is 1.29 bits per heavy atom. The molecule has 0 amide bonds. The Morgan fingerprint density at radius 3 is 2.79 bits per heavy atom. The number of nitrogens with two attached hydrogens (primary N) is 1. The van der Waals surface area contributed by atoms with Gasteiger partial charge in [0.1, 0.15) is 5.84 Å². The summed E-state index contributed by atoms with van der Waals surface area (Å²) in [5, 5.41) is 8.33. The molecule has 3 nitrogen and oxygen atoms in total. The third kappa shape index (κ3) is 1.44. The number of nitrogen functional groups attached to an aromatic ring is 1. The summed E-state index contributed by atoms with van der Waals surface area (Å²) in [6.07, 6.45) is 0. The topological polar surface area (TPSA) is 62.8 Å². The van der Waals surface area contributed by atoms with E-state index in [1.807, 2.05) is 37.3 Å². The number of aromatic nitrogens is 1. The third-order valence-corrected chi connectivity index (χ3v) is 2.14. The standard InChI is InChI=1S/C11H11N3/c1-7-2-3-8-6-9(11(12)13)4-5-10(8)14-7/h2-6H,1H3,(H3,12,13). The molecule has 0 unspecified atom stereocenters. The first-order chi connectivity index (χ1) is 6.66. The van der Waals surface area contributed by atoms with Gasteiger partial charge in [-0.05, 0) is 31.2 Å². The van der Waals surface area contributed by atoms with Crippen LogP contribution in [0.1, 0.15) is 11.3 Å².